The van der Waals surface area contributed by atoms with Crippen LogP contribution in [0.15, 0.2) is 71.4 Å². The summed E-state index contributed by atoms with van der Waals surface area (Å²) in [5.74, 6) is -1.61. The molecule has 0 saturated carbocycles. The normalized spacial score (nSPS) is 16.7. The summed E-state index contributed by atoms with van der Waals surface area (Å²) in [6, 6.07) is 18.4. The minimum Gasteiger partial charge on any atom is -0.278 e. The van der Waals surface area contributed by atoms with Crippen LogP contribution in [0.3, 0.4) is 0 Å². The van der Waals surface area contributed by atoms with E-state index in [-0.39, 0.29) is 22.9 Å². The van der Waals surface area contributed by atoms with Crippen molar-refractivity contribution in [2.75, 3.05) is 0 Å². The quantitative estimate of drug-likeness (QED) is 0.538. The minimum atomic E-state index is -0.823. The van der Waals surface area contributed by atoms with Crippen LogP contribution in [0.1, 0.15) is 11.1 Å². The summed E-state index contributed by atoms with van der Waals surface area (Å²) >= 11 is 0. The van der Waals surface area contributed by atoms with E-state index in [1.165, 1.54) is 0 Å². The summed E-state index contributed by atoms with van der Waals surface area (Å²) in [4.78, 5) is 28.2. The van der Waals surface area contributed by atoms with Crippen molar-refractivity contribution >= 4 is 23.6 Å². The number of amides is 2. The third-order valence-corrected chi connectivity index (χ3v) is 3.42. The third kappa shape index (κ3) is 3.25. The molecule has 2 aromatic carbocycles. The van der Waals surface area contributed by atoms with Crippen LogP contribution in [0.4, 0.5) is 0 Å². The molecule has 2 amide bonds. The number of rotatable bonds is 3. The molecule has 0 spiro atoms. The molecule has 1 aliphatic rings. The highest BCUT2D eigenvalue weighted by molar-refractivity contribution is 6.44. The highest BCUT2D eigenvalue weighted by Gasteiger charge is 2.32. The van der Waals surface area contributed by atoms with E-state index in [9.17, 15) is 14.8 Å². The zero-order valence-corrected chi connectivity index (χ0v) is 12.2. The maximum atomic E-state index is 12.0. The summed E-state index contributed by atoms with van der Waals surface area (Å²) < 4.78 is 0. The first-order chi connectivity index (χ1) is 11.1. The molecule has 0 fully saturated rings. The Morgan fingerprint density at radius 3 is 2.17 bits per heavy atom. The largest absolute Gasteiger partial charge is 0.303 e. The zero-order valence-electron chi connectivity index (χ0n) is 12.2. The smallest absolute Gasteiger partial charge is 0.278 e. The van der Waals surface area contributed by atoms with Crippen LogP contribution in [0.2, 0.25) is 0 Å². The topological polar surface area (TPSA) is 70.0 Å². The van der Waals surface area contributed by atoms with E-state index in [0.717, 1.165) is 11.1 Å². The van der Waals surface area contributed by atoms with E-state index in [4.69, 9.17) is 0 Å². The summed E-state index contributed by atoms with van der Waals surface area (Å²) in [5.41, 5.74) is 1.80. The first-order valence-electron chi connectivity index (χ1n) is 7.11. The first kappa shape index (κ1) is 14.9. The predicted octanol–water partition coefficient (Wildman–Crippen LogP) is 2.47. The second-order valence-electron chi connectivity index (χ2n) is 5.08. The maximum absolute atomic E-state index is 12.0. The average molecular weight is 306 g/mol. The average Bonchev–Trinajstić information content (AvgIpc) is 2.59. The summed E-state index contributed by atoms with van der Waals surface area (Å²) in [5, 5.41) is 9.88. The van der Waals surface area contributed by atoms with Gasteiger partial charge in [-0.25, -0.2) is 4.99 Å². The Morgan fingerprint density at radius 1 is 0.913 bits per heavy atom. The molecule has 0 aliphatic carbocycles. The number of carbonyl (C=O) groups excluding carboxylic acids is 2. The third-order valence-electron chi connectivity index (χ3n) is 3.42. The van der Waals surface area contributed by atoms with Gasteiger partial charge in [0.15, 0.2) is 0 Å². The number of hydrogen-bond acceptors (Lipinski definition) is 4. The molecule has 5 heteroatoms. The number of hydrogen-bond donors (Lipinski definition) is 1. The van der Waals surface area contributed by atoms with Gasteiger partial charge in [0.1, 0.15) is 11.4 Å². The van der Waals surface area contributed by atoms with Gasteiger partial charge in [-0.1, -0.05) is 60.7 Å². The van der Waals surface area contributed by atoms with E-state index in [0.29, 0.717) is 0 Å². The molecule has 1 aliphatic heterocycles. The molecule has 1 heterocycles. The van der Waals surface area contributed by atoms with Crippen molar-refractivity contribution in [2.24, 2.45) is 4.99 Å². The molecule has 0 atom stereocenters. The number of imide groups is 1. The van der Waals surface area contributed by atoms with Gasteiger partial charge in [-0.05, 0) is 17.2 Å². The van der Waals surface area contributed by atoms with Crippen molar-refractivity contribution in [1.82, 2.24) is 5.06 Å². The van der Waals surface area contributed by atoms with Crippen LogP contribution < -0.4 is 0 Å². The fourth-order valence-electron chi connectivity index (χ4n) is 2.27. The van der Waals surface area contributed by atoms with Crippen molar-refractivity contribution in [2.45, 2.75) is 6.42 Å². The first-order valence-corrected chi connectivity index (χ1v) is 7.11. The van der Waals surface area contributed by atoms with Gasteiger partial charge < -0.3 is 0 Å². The molecule has 0 bridgehead atoms. The monoisotopic (exact) mass is 306 g/mol. The van der Waals surface area contributed by atoms with Crippen LogP contribution >= 0.6 is 0 Å². The highest BCUT2D eigenvalue weighted by Crippen LogP contribution is 2.17. The molecular formula is C18H14N2O3. The standard InChI is InChI=1S/C18H14N2O3/c21-17-15(11-13-7-3-1-4-8-13)19-16(18(22)20(17)23)12-14-9-5-2-6-10-14/h1-11,23H,12H2. The number of nitrogens with zero attached hydrogens (tertiary/aromatic N) is 2. The Balaban J connectivity index is 1.97. The van der Waals surface area contributed by atoms with E-state index in [1.807, 2.05) is 60.7 Å². The van der Waals surface area contributed by atoms with Crippen molar-refractivity contribution in [3.8, 4) is 0 Å². The van der Waals surface area contributed by atoms with Gasteiger partial charge in [-0.2, -0.15) is 0 Å². The van der Waals surface area contributed by atoms with Crippen molar-refractivity contribution in [1.29, 1.82) is 0 Å². The van der Waals surface area contributed by atoms with Crippen LogP contribution in [0, 0.1) is 0 Å². The van der Waals surface area contributed by atoms with E-state index in [2.05, 4.69) is 4.99 Å². The second kappa shape index (κ2) is 6.37. The Morgan fingerprint density at radius 2 is 1.52 bits per heavy atom. The number of benzene rings is 2. The van der Waals surface area contributed by atoms with Gasteiger partial charge in [0.2, 0.25) is 0 Å². The molecule has 2 aromatic rings. The Hall–Kier alpha value is -3.05. The van der Waals surface area contributed by atoms with Gasteiger partial charge in [-0.3, -0.25) is 14.8 Å². The lowest BCUT2D eigenvalue weighted by molar-refractivity contribution is -0.171. The zero-order chi connectivity index (χ0) is 16.2. The molecule has 0 aromatic heterocycles. The van der Waals surface area contributed by atoms with Gasteiger partial charge >= 0.3 is 5.91 Å². The molecule has 23 heavy (non-hydrogen) atoms. The maximum Gasteiger partial charge on any atom is 0.303 e. The molecule has 5 nitrogen and oxygen atoms in total. The van der Waals surface area contributed by atoms with Gasteiger partial charge in [0.05, 0.1) is 0 Å². The van der Waals surface area contributed by atoms with E-state index in [1.54, 1.807) is 6.08 Å². The van der Waals surface area contributed by atoms with Gasteiger partial charge in [0.25, 0.3) is 5.91 Å². The van der Waals surface area contributed by atoms with Crippen LogP contribution in [0.25, 0.3) is 6.08 Å². The van der Waals surface area contributed by atoms with E-state index >= 15 is 0 Å². The molecule has 0 saturated heterocycles. The van der Waals surface area contributed by atoms with Crippen molar-refractivity contribution in [3.05, 3.63) is 77.5 Å². The van der Waals surface area contributed by atoms with Gasteiger partial charge in [-0.15, -0.1) is 5.06 Å². The molecule has 0 radical (unpaired) electrons. The summed E-state index contributed by atoms with van der Waals surface area (Å²) in [7, 11) is 0. The SMILES string of the molecule is O=C1C(=Cc2ccccc2)N=C(Cc2ccccc2)C(=O)N1O. The van der Waals surface area contributed by atoms with Gasteiger partial charge in [0, 0.05) is 6.42 Å². The molecule has 0 unspecified atom stereocenters. The second-order valence-corrected chi connectivity index (χ2v) is 5.08. The Labute approximate surface area is 133 Å². The molecule has 3 rings (SSSR count). The molecule has 1 N–H and O–H groups in total. The van der Waals surface area contributed by atoms with Crippen LogP contribution in [0.5, 0.6) is 0 Å². The van der Waals surface area contributed by atoms with Crippen LogP contribution in [-0.4, -0.2) is 27.8 Å². The lowest BCUT2D eigenvalue weighted by Crippen LogP contribution is -2.43. The Bertz CT molecular complexity index is 796. The lowest BCUT2D eigenvalue weighted by Gasteiger charge is -2.20. The molecule has 114 valence electrons. The van der Waals surface area contributed by atoms with E-state index < -0.39 is 11.8 Å². The Kier molecular flexibility index (Phi) is 4.12. The number of aliphatic imine (C=N–C) groups is 1. The fourth-order valence-corrected chi connectivity index (χ4v) is 2.27. The number of carbonyl (C=O) groups is 2. The summed E-state index contributed by atoms with van der Waals surface area (Å²) in [6.07, 6.45) is 1.79. The predicted molar refractivity (Wildman–Crippen MR) is 85.6 cm³/mol. The summed E-state index contributed by atoms with van der Waals surface area (Å²) in [6.45, 7) is 0. The van der Waals surface area contributed by atoms with Crippen LogP contribution in [-0.2, 0) is 16.0 Å². The highest BCUT2D eigenvalue weighted by atomic mass is 16.5. The molecular weight excluding hydrogens is 292 g/mol. The van der Waals surface area contributed by atoms with Crippen molar-refractivity contribution in [3.63, 3.8) is 0 Å². The number of hydroxylamine groups is 2. The van der Waals surface area contributed by atoms with Crippen molar-refractivity contribution < 1.29 is 14.8 Å². The fraction of sp³-hybridized carbons (Fsp3) is 0.0556. The lowest BCUT2D eigenvalue weighted by atomic mass is 10.1. The minimum absolute atomic E-state index is 0.0317.